The van der Waals surface area contributed by atoms with Gasteiger partial charge >= 0.3 is 6.03 Å². The van der Waals surface area contributed by atoms with Crippen LogP contribution in [0.25, 0.3) is 0 Å². The van der Waals surface area contributed by atoms with E-state index in [1.165, 1.54) is 0 Å². The summed E-state index contributed by atoms with van der Waals surface area (Å²) in [5, 5.41) is 6.01. The van der Waals surface area contributed by atoms with Gasteiger partial charge in [-0.1, -0.05) is 6.07 Å². The molecule has 2 aromatic rings. The average molecular weight is 355 g/mol. The van der Waals surface area contributed by atoms with Crippen molar-refractivity contribution >= 4 is 11.7 Å². The molecule has 0 aliphatic carbocycles. The van der Waals surface area contributed by atoms with Crippen molar-refractivity contribution in [3.8, 4) is 5.75 Å². The summed E-state index contributed by atoms with van der Waals surface area (Å²) in [4.78, 5) is 16.7. The van der Waals surface area contributed by atoms with E-state index in [4.69, 9.17) is 9.47 Å². The topological polar surface area (TPSA) is 72.5 Å². The van der Waals surface area contributed by atoms with Gasteiger partial charge in [-0.3, -0.25) is 4.98 Å². The number of carbonyl (C=O) groups is 1. The van der Waals surface area contributed by atoms with Gasteiger partial charge < -0.3 is 20.1 Å². The molecule has 1 saturated heterocycles. The van der Waals surface area contributed by atoms with Crippen LogP contribution in [0, 0.1) is 5.92 Å². The van der Waals surface area contributed by atoms with Gasteiger partial charge in [0.2, 0.25) is 0 Å². The van der Waals surface area contributed by atoms with Crippen LogP contribution in [0.5, 0.6) is 5.75 Å². The number of benzene rings is 1. The number of rotatable bonds is 6. The Morgan fingerprint density at radius 3 is 2.69 bits per heavy atom. The first-order valence-corrected chi connectivity index (χ1v) is 9.04. The maximum Gasteiger partial charge on any atom is 0.319 e. The van der Waals surface area contributed by atoms with Crippen molar-refractivity contribution < 1.29 is 14.3 Å². The molecule has 1 unspecified atom stereocenters. The first-order chi connectivity index (χ1) is 12.8. The molecule has 0 spiro atoms. The van der Waals surface area contributed by atoms with Gasteiger partial charge in [-0.2, -0.15) is 0 Å². The van der Waals surface area contributed by atoms with Gasteiger partial charge in [0, 0.05) is 31.3 Å². The Kier molecular flexibility index (Phi) is 6.44. The van der Waals surface area contributed by atoms with Crippen LogP contribution >= 0.6 is 0 Å². The van der Waals surface area contributed by atoms with Crippen LogP contribution in [-0.4, -0.2) is 30.8 Å². The number of urea groups is 1. The highest BCUT2D eigenvalue weighted by Gasteiger charge is 2.27. The molecule has 6 nitrogen and oxygen atoms in total. The molecule has 2 N–H and O–H groups in total. The molecule has 1 fully saturated rings. The second kappa shape index (κ2) is 9.20. The molecular weight excluding hydrogens is 330 g/mol. The third kappa shape index (κ3) is 4.95. The van der Waals surface area contributed by atoms with E-state index in [2.05, 4.69) is 15.6 Å². The Balaban J connectivity index is 1.66. The zero-order valence-electron chi connectivity index (χ0n) is 15.0. The number of hydrogen-bond acceptors (Lipinski definition) is 4. The Bertz CT molecular complexity index is 685. The van der Waals surface area contributed by atoms with Gasteiger partial charge in [-0.05, 0) is 61.6 Å². The molecule has 1 aromatic heterocycles. The van der Waals surface area contributed by atoms with Gasteiger partial charge in [0.15, 0.2) is 0 Å². The lowest BCUT2D eigenvalue weighted by Gasteiger charge is -2.31. The van der Waals surface area contributed by atoms with Crippen LogP contribution in [0.3, 0.4) is 0 Å². The monoisotopic (exact) mass is 355 g/mol. The summed E-state index contributed by atoms with van der Waals surface area (Å²) in [5.74, 6) is 1.12. The Morgan fingerprint density at radius 2 is 2.04 bits per heavy atom. The third-order valence-electron chi connectivity index (χ3n) is 4.49. The first kappa shape index (κ1) is 18.2. The summed E-state index contributed by atoms with van der Waals surface area (Å²) in [5.41, 5.74) is 1.74. The van der Waals surface area contributed by atoms with E-state index in [-0.39, 0.29) is 12.1 Å². The number of carbonyl (C=O) groups excluding carboxylic acids is 1. The number of amides is 2. The summed E-state index contributed by atoms with van der Waals surface area (Å²) >= 11 is 0. The standard InChI is InChI=1S/C20H25N3O3/c1-2-26-18-7-5-17(6-8-18)22-20(24)23-19(15-9-12-25-13-10-15)16-4-3-11-21-14-16/h3-8,11,14-15,19H,2,9-10,12-13H2,1H3,(H2,22,23,24). The number of hydrogen-bond donors (Lipinski definition) is 2. The summed E-state index contributed by atoms with van der Waals surface area (Å²) in [6.45, 7) is 4.01. The van der Waals surface area contributed by atoms with Gasteiger partial charge in [0.05, 0.1) is 12.6 Å². The highest BCUT2D eigenvalue weighted by molar-refractivity contribution is 5.89. The maximum absolute atomic E-state index is 12.5. The zero-order valence-corrected chi connectivity index (χ0v) is 15.0. The van der Waals surface area contributed by atoms with Crippen molar-refractivity contribution in [3.05, 3.63) is 54.4 Å². The quantitative estimate of drug-likeness (QED) is 0.827. The maximum atomic E-state index is 12.5. The molecule has 3 rings (SSSR count). The minimum atomic E-state index is -0.227. The van der Waals surface area contributed by atoms with E-state index in [9.17, 15) is 4.79 Å². The molecule has 2 amide bonds. The summed E-state index contributed by atoms with van der Waals surface area (Å²) in [6.07, 6.45) is 5.40. The van der Waals surface area contributed by atoms with Crippen molar-refractivity contribution in [1.29, 1.82) is 0 Å². The minimum Gasteiger partial charge on any atom is -0.494 e. The molecule has 6 heteroatoms. The van der Waals surface area contributed by atoms with E-state index in [1.807, 2.05) is 49.5 Å². The predicted molar refractivity (Wildman–Crippen MR) is 100 cm³/mol. The summed E-state index contributed by atoms with van der Waals surface area (Å²) in [7, 11) is 0. The lowest BCUT2D eigenvalue weighted by molar-refractivity contribution is 0.0550. The van der Waals surface area contributed by atoms with Crippen molar-refractivity contribution in [2.75, 3.05) is 25.1 Å². The van der Waals surface area contributed by atoms with Crippen LogP contribution in [-0.2, 0) is 4.74 Å². The molecular formula is C20H25N3O3. The normalized spacial score (nSPS) is 15.9. The molecule has 0 saturated carbocycles. The number of ether oxygens (including phenoxy) is 2. The second-order valence-corrected chi connectivity index (χ2v) is 6.27. The molecule has 1 aliphatic rings. The molecule has 0 bridgehead atoms. The van der Waals surface area contributed by atoms with E-state index in [0.717, 1.165) is 43.1 Å². The predicted octanol–water partition coefficient (Wildman–Crippen LogP) is 3.77. The van der Waals surface area contributed by atoms with E-state index < -0.39 is 0 Å². The molecule has 1 aromatic carbocycles. The van der Waals surface area contributed by atoms with Gasteiger partial charge in [0.1, 0.15) is 5.75 Å². The molecule has 0 radical (unpaired) electrons. The van der Waals surface area contributed by atoms with Gasteiger partial charge in [-0.25, -0.2) is 4.79 Å². The van der Waals surface area contributed by atoms with Crippen molar-refractivity contribution in [1.82, 2.24) is 10.3 Å². The highest BCUT2D eigenvalue weighted by atomic mass is 16.5. The number of pyridine rings is 1. The molecule has 138 valence electrons. The van der Waals surface area contributed by atoms with Gasteiger partial charge in [-0.15, -0.1) is 0 Å². The lowest BCUT2D eigenvalue weighted by atomic mass is 9.88. The molecule has 2 heterocycles. The van der Waals surface area contributed by atoms with Crippen molar-refractivity contribution in [2.24, 2.45) is 5.92 Å². The van der Waals surface area contributed by atoms with Crippen LogP contribution < -0.4 is 15.4 Å². The van der Waals surface area contributed by atoms with E-state index >= 15 is 0 Å². The smallest absolute Gasteiger partial charge is 0.319 e. The Labute approximate surface area is 153 Å². The molecule has 26 heavy (non-hydrogen) atoms. The Morgan fingerprint density at radius 1 is 1.27 bits per heavy atom. The number of nitrogens with one attached hydrogen (secondary N) is 2. The van der Waals surface area contributed by atoms with Gasteiger partial charge in [0.25, 0.3) is 0 Å². The SMILES string of the molecule is CCOc1ccc(NC(=O)NC(c2cccnc2)C2CCOCC2)cc1. The third-order valence-corrected chi connectivity index (χ3v) is 4.49. The van der Waals surface area contributed by atoms with Crippen LogP contribution in [0.15, 0.2) is 48.8 Å². The minimum absolute atomic E-state index is 0.0877. The van der Waals surface area contributed by atoms with E-state index in [1.54, 1.807) is 6.20 Å². The summed E-state index contributed by atoms with van der Waals surface area (Å²) in [6, 6.07) is 10.9. The average Bonchev–Trinajstić information content (AvgIpc) is 2.69. The summed E-state index contributed by atoms with van der Waals surface area (Å²) < 4.78 is 10.9. The Hall–Kier alpha value is -2.60. The molecule has 1 atom stereocenters. The zero-order chi connectivity index (χ0) is 18.2. The van der Waals surface area contributed by atoms with E-state index in [0.29, 0.717) is 12.5 Å². The fraction of sp³-hybridized carbons (Fsp3) is 0.400. The highest BCUT2D eigenvalue weighted by Crippen LogP contribution is 2.29. The molecule has 1 aliphatic heterocycles. The number of nitrogens with zero attached hydrogens (tertiary/aromatic N) is 1. The van der Waals surface area contributed by atoms with Crippen LogP contribution in [0.1, 0.15) is 31.4 Å². The number of anilines is 1. The fourth-order valence-corrected chi connectivity index (χ4v) is 3.19. The first-order valence-electron chi connectivity index (χ1n) is 9.04. The largest absolute Gasteiger partial charge is 0.494 e. The lowest BCUT2D eigenvalue weighted by Crippen LogP contribution is -2.38. The second-order valence-electron chi connectivity index (χ2n) is 6.27. The fourth-order valence-electron chi connectivity index (χ4n) is 3.19. The van der Waals surface area contributed by atoms with Crippen molar-refractivity contribution in [3.63, 3.8) is 0 Å². The van der Waals surface area contributed by atoms with Crippen LogP contribution in [0.2, 0.25) is 0 Å². The number of aromatic nitrogens is 1. The van der Waals surface area contributed by atoms with Crippen molar-refractivity contribution in [2.45, 2.75) is 25.8 Å². The van der Waals surface area contributed by atoms with Crippen LogP contribution in [0.4, 0.5) is 10.5 Å².